The zero-order chi connectivity index (χ0) is 10.7. The number of rotatable bonds is 3. The van der Waals surface area contributed by atoms with Gasteiger partial charge in [0, 0.05) is 0 Å². The van der Waals surface area contributed by atoms with Gasteiger partial charge in [-0.15, -0.1) is 0 Å². The van der Waals surface area contributed by atoms with Crippen molar-refractivity contribution >= 4 is 5.97 Å². The van der Waals surface area contributed by atoms with Crippen LogP contribution in [0.3, 0.4) is 0 Å². The monoisotopic (exact) mass is 196 g/mol. The van der Waals surface area contributed by atoms with Gasteiger partial charge in [0.2, 0.25) is 0 Å². The molecule has 0 radical (unpaired) electrons. The Morgan fingerprint density at radius 3 is 2.71 bits per heavy atom. The van der Waals surface area contributed by atoms with Crippen LogP contribution in [0.1, 0.15) is 30.4 Å². The second-order valence-electron chi connectivity index (χ2n) is 3.51. The maximum Gasteiger partial charge on any atom is 0.303 e. The van der Waals surface area contributed by atoms with E-state index in [0.29, 0.717) is 5.56 Å². The van der Waals surface area contributed by atoms with E-state index in [1.807, 2.05) is 0 Å². The summed E-state index contributed by atoms with van der Waals surface area (Å²) in [6, 6.07) is 4.85. The molecule has 14 heavy (non-hydrogen) atoms. The normalized spacial score (nSPS) is 12.5. The van der Waals surface area contributed by atoms with Crippen molar-refractivity contribution in [2.75, 3.05) is 0 Å². The standard InChI is InChI=1S/C11H13FO2/c1-7-3-4-9(6-10(7)12)8(2)5-11(13)14/h3-4,6,8H,5H2,1-2H3,(H,13,14). The van der Waals surface area contributed by atoms with Crippen molar-refractivity contribution in [2.24, 2.45) is 0 Å². The van der Waals surface area contributed by atoms with Gasteiger partial charge in [0.05, 0.1) is 6.42 Å². The Hall–Kier alpha value is -1.38. The Balaban J connectivity index is 2.85. The summed E-state index contributed by atoms with van der Waals surface area (Å²) in [4.78, 5) is 10.4. The maximum absolute atomic E-state index is 13.1. The average Bonchev–Trinajstić information content (AvgIpc) is 2.08. The summed E-state index contributed by atoms with van der Waals surface area (Å²) < 4.78 is 13.1. The summed E-state index contributed by atoms with van der Waals surface area (Å²) >= 11 is 0. The Kier molecular flexibility index (Phi) is 3.23. The average molecular weight is 196 g/mol. The highest BCUT2D eigenvalue weighted by molar-refractivity contribution is 5.67. The van der Waals surface area contributed by atoms with Gasteiger partial charge in [-0.2, -0.15) is 0 Å². The van der Waals surface area contributed by atoms with E-state index >= 15 is 0 Å². The molecule has 0 aliphatic rings. The Labute approximate surface area is 82.4 Å². The lowest BCUT2D eigenvalue weighted by Gasteiger charge is -2.09. The first-order valence-corrected chi connectivity index (χ1v) is 4.48. The van der Waals surface area contributed by atoms with Crippen LogP contribution in [0.25, 0.3) is 0 Å². The third-order valence-corrected chi connectivity index (χ3v) is 2.25. The van der Waals surface area contributed by atoms with Crippen LogP contribution < -0.4 is 0 Å². The molecule has 0 saturated carbocycles. The van der Waals surface area contributed by atoms with Gasteiger partial charge in [-0.05, 0) is 30.0 Å². The predicted molar refractivity (Wildman–Crippen MR) is 51.8 cm³/mol. The molecule has 0 spiro atoms. The van der Waals surface area contributed by atoms with Crippen molar-refractivity contribution in [1.29, 1.82) is 0 Å². The smallest absolute Gasteiger partial charge is 0.303 e. The molecule has 1 N–H and O–H groups in total. The van der Waals surface area contributed by atoms with E-state index in [4.69, 9.17) is 5.11 Å². The van der Waals surface area contributed by atoms with Crippen LogP contribution >= 0.6 is 0 Å². The van der Waals surface area contributed by atoms with Gasteiger partial charge in [0.25, 0.3) is 0 Å². The second kappa shape index (κ2) is 4.22. The first-order valence-electron chi connectivity index (χ1n) is 4.48. The molecule has 0 aliphatic heterocycles. The topological polar surface area (TPSA) is 37.3 Å². The van der Waals surface area contributed by atoms with Gasteiger partial charge in [0.15, 0.2) is 0 Å². The molecule has 2 nitrogen and oxygen atoms in total. The SMILES string of the molecule is Cc1ccc(C(C)CC(=O)O)cc1F. The lowest BCUT2D eigenvalue weighted by Crippen LogP contribution is -2.03. The number of hydrogen-bond donors (Lipinski definition) is 1. The third-order valence-electron chi connectivity index (χ3n) is 2.25. The first-order chi connectivity index (χ1) is 6.50. The third kappa shape index (κ3) is 2.55. The highest BCUT2D eigenvalue weighted by Gasteiger charge is 2.11. The number of hydrogen-bond acceptors (Lipinski definition) is 1. The van der Waals surface area contributed by atoms with Gasteiger partial charge in [-0.25, -0.2) is 4.39 Å². The minimum Gasteiger partial charge on any atom is -0.481 e. The minimum atomic E-state index is -0.863. The molecule has 1 atom stereocenters. The summed E-state index contributed by atoms with van der Waals surface area (Å²) in [7, 11) is 0. The van der Waals surface area contributed by atoms with Crippen LogP contribution in [0, 0.1) is 12.7 Å². The quantitative estimate of drug-likeness (QED) is 0.807. The van der Waals surface area contributed by atoms with Gasteiger partial charge >= 0.3 is 5.97 Å². The van der Waals surface area contributed by atoms with E-state index in [1.54, 1.807) is 26.0 Å². The van der Waals surface area contributed by atoms with Gasteiger partial charge in [-0.3, -0.25) is 4.79 Å². The number of carboxylic acids is 1. The molecule has 1 aromatic rings. The van der Waals surface area contributed by atoms with Gasteiger partial charge in [-0.1, -0.05) is 19.1 Å². The van der Waals surface area contributed by atoms with E-state index in [-0.39, 0.29) is 18.2 Å². The summed E-state index contributed by atoms with van der Waals surface area (Å²) in [5.74, 6) is -1.29. The van der Waals surface area contributed by atoms with Crippen molar-refractivity contribution < 1.29 is 14.3 Å². The molecular formula is C11H13FO2. The Morgan fingerprint density at radius 1 is 1.57 bits per heavy atom. The molecule has 1 unspecified atom stereocenters. The fourth-order valence-electron chi connectivity index (χ4n) is 1.30. The molecule has 0 bridgehead atoms. The van der Waals surface area contributed by atoms with E-state index in [9.17, 15) is 9.18 Å². The highest BCUT2D eigenvalue weighted by atomic mass is 19.1. The van der Waals surface area contributed by atoms with Crippen molar-refractivity contribution in [3.05, 3.63) is 35.1 Å². The fourth-order valence-corrected chi connectivity index (χ4v) is 1.30. The van der Waals surface area contributed by atoms with Crippen LogP contribution in [0.2, 0.25) is 0 Å². The zero-order valence-corrected chi connectivity index (χ0v) is 8.25. The summed E-state index contributed by atoms with van der Waals surface area (Å²) in [6.45, 7) is 3.46. The van der Waals surface area contributed by atoms with Crippen LogP contribution in [0.15, 0.2) is 18.2 Å². The summed E-state index contributed by atoms with van der Waals surface area (Å²) in [5, 5.41) is 8.58. The molecule has 0 aliphatic carbocycles. The van der Waals surface area contributed by atoms with Crippen molar-refractivity contribution in [3.8, 4) is 0 Å². The van der Waals surface area contributed by atoms with Crippen molar-refractivity contribution in [3.63, 3.8) is 0 Å². The van der Waals surface area contributed by atoms with E-state index in [2.05, 4.69) is 0 Å². The molecule has 0 fully saturated rings. The number of carbonyl (C=O) groups is 1. The zero-order valence-electron chi connectivity index (χ0n) is 8.25. The Bertz CT molecular complexity index is 347. The maximum atomic E-state index is 13.1. The molecule has 1 rings (SSSR count). The summed E-state index contributed by atoms with van der Waals surface area (Å²) in [6.07, 6.45) is 0.0303. The molecule has 0 heterocycles. The largest absolute Gasteiger partial charge is 0.481 e. The molecule has 3 heteroatoms. The first kappa shape index (κ1) is 10.7. The molecule has 0 saturated heterocycles. The second-order valence-corrected chi connectivity index (χ2v) is 3.51. The van der Waals surface area contributed by atoms with Crippen LogP contribution in [0.4, 0.5) is 4.39 Å². The number of carboxylic acid groups (broad SMARTS) is 1. The Morgan fingerprint density at radius 2 is 2.21 bits per heavy atom. The van der Waals surface area contributed by atoms with Crippen LogP contribution in [-0.4, -0.2) is 11.1 Å². The number of halogens is 1. The van der Waals surface area contributed by atoms with Gasteiger partial charge in [0.1, 0.15) is 5.82 Å². The van der Waals surface area contributed by atoms with E-state index in [0.717, 1.165) is 5.56 Å². The van der Waals surface area contributed by atoms with E-state index in [1.165, 1.54) is 6.07 Å². The molecule has 0 amide bonds. The highest BCUT2D eigenvalue weighted by Crippen LogP contribution is 2.20. The van der Waals surface area contributed by atoms with E-state index < -0.39 is 5.97 Å². The number of aliphatic carboxylic acids is 1. The lowest BCUT2D eigenvalue weighted by molar-refractivity contribution is -0.137. The fraction of sp³-hybridized carbons (Fsp3) is 0.364. The van der Waals surface area contributed by atoms with Crippen LogP contribution in [-0.2, 0) is 4.79 Å². The predicted octanol–water partition coefficient (Wildman–Crippen LogP) is 2.71. The van der Waals surface area contributed by atoms with Crippen molar-refractivity contribution in [2.45, 2.75) is 26.2 Å². The molecule has 0 aromatic heterocycles. The summed E-state index contributed by atoms with van der Waals surface area (Å²) in [5.41, 5.74) is 1.31. The number of benzene rings is 1. The number of aryl methyl sites for hydroxylation is 1. The van der Waals surface area contributed by atoms with Crippen molar-refractivity contribution in [1.82, 2.24) is 0 Å². The van der Waals surface area contributed by atoms with Crippen LogP contribution in [0.5, 0.6) is 0 Å². The molecule has 1 aromatic carbocycles. The lowest BCUT2D eigenvalue weighted by atomic mass is 9.97. The molecular weight excluding hydrogens is 183 g/mol. The molecule has 76 valence electrons. The van der Waals surface area contributed by atoms with Gasteiger partial charge < -0.3 is 5.11 Å². The minimum absolute atomic E-state index is 0.0303.